The molecular formula is C8H6ClF3N2OS. The molecule has 0 spiro atoms. The number of hydrogen-bond donors (Lipinski definition) is 2. The number of nitrogens with zero attached hydrogens (tertiary/aromatic N) is 1. The Morgan fingerprint density at radius 3 is 2.62 bits per heavy atom. The first kappa shape index (κ1) is 13.1. The SMILES string of the molecule is O=C(CS)Nc1ncc(C(F)(F)F)cc1Cl. The third kappa shape index (κ3) is 3.28. The van der Waals surface area contributed by atoms with Crippen LogP contribution in [0.15, 0.2) is 12.3 Å². The molecule has 0 aromatic carbocycles. The second kappa shape index (κ2) is 4.92. The first-order valence-electron chi connectivity index (χ1n) is 3.98. The maximum Gasteiger partial charge on any atom is 0.417 e. The standard InChI is InChI=1S/C8H6ClF3N2OS/c9-5-1-4(8(10,11)12)2-13-7(5)14-6(15)3-16/h1-2,16H,3H2,(H,13,14,15). The Bertz CT molecular complexity index is 411. The number of anilines is 1. The predicted octanol–water partition coefficient (Wildman–Crippen LogP) is 2.62. The van der Waals surface area contributed by atoms with Crippen molar-refractivity contribution in [2.75, 3.05) is 11.1 Å². The number of carbonyl (C=O) groups is 1. The van der Waals surface area contributed by atoms with Crippen molar-refractivity contribution in [3.8, 4) is 0 Å². The molecule has 3 nitrogen and oxygen atoms in total. The average molecular weight is 271 g/mol. The quantitative estimate of drug-likeness (QED) is 0.811. The molecule has 1 aromatic rings. The lowest BCUT2D eigenvalue weighted by Crippen LogP contribution is -2.15. The minimum absolute atomic E-state index is 0.112. The van der Waals surface area contributed by atoms with E-state index in [2.05, 4.69) is 22.9 Å². The highest BCUT2D eigenvalue weighted by Gasteiger charge is 2.31. The number of pyridine rings is 1. The normalized spacial score (nSPS) is 11.3. The van der Waals surface area contributed by atoms with Crippen molar-refractivity contribution in [2.24, 2.45) is 0 Å². The Kier molecular flexibility index (Phi) is 4.03. The molecular weight excluding hydrogens is 265 g/mol. The van der Waals surface area contributed by atoms with Crippen molar-refractivity contribution >= 4 is 36.0 Å². The summed E-state index contributed by atoms with van der Waals surface area (Å²) in [6, 6.07) is 0.697. The van der Waals surface area contributed by atoms with Gasteiger partial charge in [0.1, 0.15) is 0 Å². The smallest absolute Gasteiger partial charge is 0.309 e. The molecule has 1 rings (SSSR count). The van der Waals surface area contributed by atoms with Gasteiger partial charge in [-0.1, -0.05) is 11.6 Å². The van der Waals surface area contributed by atoms with E-state index in [1.807, 2.05) is 0 Å². The lowest BCUT2D eigenvalue weighted by atomic mass is 10.3. The summed E-state index contributed by atoms with van der Waals surface area (Å²) < 4.78 is 36.7. The fourth-order valence-corrected chi connectivity index (χ4v) is 1.15. The molecule has 1 aromatic heterocycles. The fourth-order valence-electron chi connectivity index (χ4n) is 0.857. The van der Waals surface area contributed by atoms with Crippen LogP contribution in [0.4, 0.5) is 19.0 Å². The molecule has 0 aliphatic rings. The van der Waals surface area contributed by atoms with Gasteiger partial charge in [-0.2, -0.15) is 25.8 Å². The summed E-state index contributed by atoms with van der Waals surface area (Å²) in [5, 5.41) is 1.94. The zero-order chi connectivity index (χ0) is 12.3. The molecule has 1 heterocycles. The minimum Gasteiger partial charge on any atom is -0.309 e. The average Bonchev–Trinajstić information content (AvgIpc) is 2.19. The van der Waals surface area contributed by atoms with Crippen LogP contribution < -0.4 is 5.32 Å². The van der Waals surface area contributed by atoms with E-state index in [1.165, 1.54) is 0 Å². The maximum absolute atomic E-state index is 12.2. The number of amides is 1. The van der Waals surface area contributed by atoms with Gasteiger partial charge in [0, 0.05) is 6.20 Å². The van der Waals surface area contributed by atoms with Crippen LogP contribution in [0.1, 0.15) is 5.56 Å². The molecule has 0 radical (unpaired) electrons. The van der Waals surface area contributed by atoms with E-state index in [0.29, 0.717) is 12.3 Å². The van der Waals surface area contributed by atoms with Crippen molar-refractivity contribution in [1.82, 2.24) is 4.98 Å². The molecule has 0 saturated carbocycles. The summed E-state index contributed by atoms with van der Waals surface area (Å²) >= 11 is 9.22. The van der Waals surface area contributed by atoms with E-state index in [0.717, 1.165) is 0 Å². The molecule has 0 aliphatic heterocycles. The Morgan fingerprint density at radius 2 is 2.19 bits per heavy atom. The Balaban J connectivity index is 2.96. The predicted molar refractivity (Wildman–Crippen MR) is 56.7 cm³/mol. The zero-order valence-electron chi connectivity index (χ0n) is 7.68. The van der Waals surface area contributed by atoms with Crippen LogP contribution in [0, 0.1) is 0 Å². The van der Waals surface area contributed by atoms with Crippen molar-refractivity contribution in [2.45, 2.75) is 6.18 Å². The number of nitrogens with one attached hydrogen (secondary N) is 1. The van der Waals surface area contributed by atoms with Gasteiger partial charge >= 0.3 is 6.18 Å². The summed E-state index contributed by atoms with van der Waals surface area (Å²) in [6.07, 6.45) is -3.91. The van der Waals surface area contributed by atoms with Gasteiger partial charge in [0.15, 0.2) is 5.82 Å². The largest absolute Gasteiger partial charge is 0.417 e. The monoisotopic (exact) mass is 270 g/mol. The maximum atomic E-state index is 12.2. The van der Waals surface area contributed by atoms with Gasteiger partial charge in [-0.15, -0.1) is 0 Å². The zero-order valence-corrected chi connectivity index (χ0v) is 9.33. The molecule has 16 heavy (non-hydrogen) atoms. The minimum atomic E-state index is -4.51. The van der Waals surface area contributed by atoms with Gasteiger partial charge in [-0.3, -0.25) is 4.79 Å². The van der Waals surface area contributed by atoms with E-state index in [-0.39, 0.29) is 16.6 Å². The van der Waals surface area contributed by atoms with Crippen LogP contribution in [0.2, 0.25) is 5.02 Å². The van der Waals surface area contributed by atoms with E-state index < -0.39 is 17.6 Å². The van der Waals surface area contributed by atoms with Crippen LogP contribution in [0.3, 0.4) is 0 Å². The van der Waals surface area contributed by atoms with Crippen LogP contribution >= 0.6 is 24.2 Å². The van der Waals surface area contributed by atoms with Crippen LogP contribution in [-0.2, 0) is 11.0 Å². The van der Waals surface area contributed by atoms with Crippen molar-refractivity contribution in [3.05, 3.63) is 22.8 Å². The number of carbonyl (C=O) groups excluding carboxylic acids is 1. The molecule has 0 bridgehead atoms. The number of halogens is 4. The van der Waals surface area contributed by atoms with Crippen molar-refractivity contribution < 1.29 is 18.0 Å². The van der Waals surface area contributed by atoms with Gasteiger partial charge < -0.3 is 5.32 Å². The van der Waals surface area contributed by atoms with Gasteiger partial charge in [0.25, 0.3) is 0 Å². The molecule has 0 saturated heterocycles. The topological polar surface area (TPSA) is 42.0 Å². The second-order valence-electron chi connectivity index (χ2n) is 2.76. The first-order valence-corrected chi connectivity index (χ1v) is 4.99. The lowest BCUT2D eigenvalue weighted by molar-refractivity contribution is -0.137. The summed E-state index contributed by atoms with van der Waals surface area (Å²) in [4.78, 5) is 14.3. The highest BCUT2D eigenvalue weighted by atomic mass is 35.5. The van der Waals surface area contributed by atoms with Gasteiger partial charge in [-0.25, -0.2) is 4.98 Å². The number of alkyl halides is 3. The Hall–Kier alpha value is -0.950. The summed E-state index contributed by atoms with van der Waals surface area (Å²) in [5.74, 6) is -0.731. The van der Waals surface area contributed by atoms with Crippen LogP contribution in [-0.4, -0.2) is 16.6 Å². The number of hydrogen-bond acceptors (Lipinski definition) is 3. The van der Waals surface area contributed by atoms with Crippen LogP contribution in [0.25, 0.3) is 0 Å². The van der Waals surface area contributed by atoms with Gasteiger partial charge in [0.2, 0.25) is 5.91 Å². The van der Waals surface area contributed by atoms with E-state index in [1.54, 1.807) is 0 Å². The van der Waals surface area contributed by atoms with Gasteiger partial charge in [0.05, 0.1) is 16.3 Å². The molecule has 0 unspecified atom stereocenters. The van der Waals surface area contributed by atoms with Crippen LogP contribution in [0.5, 0.6) is 0 Å². The van der Waals surface area contributed by atoms with Crippen molar-refractivity contribution in [1.29, 1.82) is 0 Å². The molecule has 0 atom stereocenters. The molecule has 0 fully saturated rings. The highest BCUT2D eigenvalue weighted by Crippen LogP contribution is 2.32. The van der Waals surface area contributed by atoms with E-state index in [4.69, 9.17) is 11.6 Å². The number of thiol groups is 1. The van der Waals surface area contributed by atoms with Crippen molar-refractivity contribution in [3.63, 3.8) is 0 Å². The summed E-state index contributed by atoms with van der Waals surface area (Å²) in [6.45, 7) is 0. The van der Waals surface area contributed by atoms with E-state index in [9.17, 15) is 18.0 Å². The first-order chi connectivity index (χ1) is 7.34. The fraction of sp³-hybridized carbons (Fsp3) is 0.250. The second-order valence-corrected chi connectivity index (χ2v) is 3.48. The third-order valence-electron chi connectivity index (χ3n) is 1.57. The Morgan fingerprint density at radius 1 is 1.56 bits per heavy atom. The molecule has 1 amide bonds. The number of rotatable bonds is 2. The van der Waals surface area contributed by atoms with Gasteiger partial charge in [-0.05, 0) is 6.07 Å². The molecule has 8 heteroatoms. The Labute approximate surface area is 99.4 Å². The third-order valence-corrected chi connectivity index (χ3v) is 2.15. The molecule has 88 valence electrons. The highest BCUT2D eigenvalue weighted by molar-refractivity contribution is 7.81. The summed E-state index contributed by atoms with van der Waals surface area (Å²) in [7, 11) is 0. The molecule has 0 aliphatic carbocycles. The van der Waals surface area contributed by atoms with E-state index >= 15 is 0 Å². The lowest BCUT2D eigenvalue weighted by Gasteiger charge is -2.09. The molecule has 1 N–H and O–H groups in total. The number of aromatic nitrogens is 1. The summed E-state index contributed by atoms with van der Waals surface area (Å²) in [5.41, 5.74) is -0.971.